The molecule has 6 nitrogen and oxygen atoms in total. The molecule has 0 N–H and O–H groups in total. The van der Waals surface area contributed by atoms with Crippen molar-refractivity contribution in [1.82, 2.24) is 4.90 Å². The van der Waals surface area contributed by atoms with Crippen molar-refractivity contribution in [3.05, 3.63) is 39.7 Å². The van der Waals surface area contributed by atoms with Crippen LogP contribution in [0.2, 0.25) is 0 Å². The molecule has 0 atom stereocenters. The van der Waals surface area contributed by atoms with Gasteiger partial charge in [-0.1, -0.05) is 13.8 Å². The first-order chi connectivity index (χ1) is 12.5. The van der Waals surface area contributed by atoms with Crippen molar-refractivity contribution in [2.24, 2.45) is 0 Å². The molecule has 1 aromatic carbocycles. The van der Waals surface area contributed by atoms with E-state index in [2.05, 4.69) is 18.7 Å². The fraction of sp³-hybridized carbons (Fsp3) is 0.500. The molecule has 0 radical (unpaired) electrons. The minimum atomic E-state index is -0.433. The molecule has 1 aromatic heterocycles. The molecule has 0 saturated heterocycles. The fourth-order valence-corrected chi connectivity index (χ4v) is 2.91. The number of fused-ring (bicyclic) bond motifs is 1. The summed E-state index contributed by atoms with van der Waals surface area (Å²) < 4.78 is 15.7. The molecular weight excluding hydrogens is 370 g/mol. The summed E-state index contributed by atoms with van der Waals surface area (Å²) in [5.74, 6) is 0.0287. The van der Waals surface area contributed by atoms with E-state index in [0.717, 1.165) is 30.6 Å². The van der Waals surface area contributed by atoms with Crippen molar-refractivity contribution >= 4 is 16.9 Å². The summed E-state index contributed by atoms with van der Waals surface area (Å²) in [5.41, 5.74) is 1.79. The van der Waals surface area contributed by atoms with Crippen molar-refractivity contribution in [3.63, 3.8) is 0 Å². The maximum absolute atomic E-state index is 12.4. The lowest BCUT2D eigenvalue weighted by molar-refractivity contribution is -0.145. The van der Waals surface area contributed by atoms with Gasteiger partial charge in [0.1, 0.15) is 11.3 Å². The zero-order valence-corrected chi connectivity index (χ0v) is 17.1. The van der Waals surface area contributed by atoms with Crippen LogP contribution in [0.5, 0.6) is 5.75 Å². The number of rotatable bonds is 9. The number of nitrogens with zero attached hydrogens (tertiary/aromatic N) is 1. The molecule has 0 bridgehead atoms. The highest BCUT2D eigenvalue weighted by atomic mass is 35.5. The van der Waals surface area contributed by atoms with Gasteiger partial charge in [0, 0.05) is 23.6 Å². The Bertz CT molecular complexity index is 814. The van der Waals surface area contributed by atoms with E-state index in [1.54, 1.807) is 19.1 Å². The highest BCUT2D eigenvalue weighted by Gasteiger charge is 2.13. The molecule has 0 aliphatic heterocycles. The van der Waals surface area contributed by atoms with Crippen molar-refractivity contribution in [2.45, 2.75) is 34.1 Å². The summed E-state index contributed by atoms with van der Waals surface area (Å²) in [4.78, 5) is 26.1. The number of carbonyl (C=O) groups excluding carboxylic acids is 1. The van der Waals surface area contributed by atoms with E-state index in [4.69, 9.17) is 13.9 Å². The first kappa shape index (κ1) is 23.0. The van der Waals surface area contributed by atoms with Crippen LogP contribution in [0.25, 0.3) is 11.0 Å². The molecule has 2 aromatic rings. The predicted molar refractivity (Wildman–Crippen MR) is 101 cm³/mol. The number of benzene rings is 1. The first-order valence-electron chi connectivity index (χ1n) is 9.07. The molecule has 0 aliphatic carbocycles. The normalized spacial score (nSPS) is 10.7. The molecule has 0 amide bonds. The summed E-state index contributed by atoms with van der Waals surface area (Å²) in [6.07, 6.45) is 0.660. The van der Waals surface area contributed by atoms with E-state index < -0.39 is 5.97 Å². The molecule has 0 aliphatic rings. The topological polar surface area (TPSA) is 69.0 Å². The van der Waals surface area contributed by atoms with Crippen LogP contribution in [0.4, 0.5) is 0 Å². The Morgan fingerprint density at radius 3 is 2.52 bits per heavy atom. The molecule has 0 saturated carbocycles. The average molecular weight is 397 g/mol. The van der Waals surface area contributed by atoms with Crippen molar-refractivity contribution < 1.29 is 31.1 Å². The smallest absolute Gasteiger partial charge is 0.344 e. The van der Waals surface area contributed by atoms with E-state index in [9.17, 15) is 9.59 Å². The average Bonchev–Trinajstić information content (AvgIpc) is 2.63. The highest BCUT2D eigenvalue weighted by molar-refractivity contribution is 5.82. The van der Waals surface area contributed by atoms with Crippen LogP contribution in [0.15, 0.2) is 27.4 Å². The zero-order valence-electron chi connectivity index (χ0n) is 16.3. The number of esters is 1. The first-order valence-corrected chi connectivity index (χ1v) is 9.07. The van der Waals surface area contributed by atoms with E-state index in [0.29, 0.717) is 29.9 Å². The van der Waals surface area contributed by atoms with Crippen LogP contribution in [-0.2, 0) is 16.0 Å². The second-order valence-corrected chi connectivity index (χ2v) is 6.02. The lowest BCUT2D eigenvalue weighted by Gasteiger charge is -2.18. The monoisotopic (exact) mass is 396 g/mol. The maximum atomic E-state index is 12.4. The third kappa shape index (κ3) is 5.97. The summed E-state index contributed by atoms with van der Waals surface area (Å²) in [7, 11) is 0. The molecule has 2 rings (SSSR count). The van der Waals surface area contributed by atoms with E-state index in [1.807, 2.05) is 13.0 Å². The van der Waals surface area contributed by atoms with Crippen LogP contribution >= 0.6 is 0 Å². The van der Waals surface area contributed by atoms with E-state index in [1.165, 1.54) is 0 Å². The molecule has 0 spiro atoms. The number of hydrogen-bond acceptors (Lipinski definition) is 6. The van der Waals surface area contributed by atoms with Crippen molar-refractivity contribution in [1.29, 1.82) is 0 Å². The largest absolute Gasteiger partial charge is 1.00 e. The zero-order chi connectivity index (χ0) is 19.1. The molecule has 7 heteroatoms. The summed E-state index contributed by atoms with van der Waals surface area (Å²) in [5, 5.41) is 0.877. The molecule has 150 valence electrons. The molecule has 1 heterocycles. The summed E-state index contributed by atoms with van der Waals surface area (Å²) in [6, 6.07) is 5.26. The Morgan fingerprint density at radius 1 is 1.19 bits per heavy atom. The van der Waals surface area contributed by atoms with Gasteiger partial charge in [0.2, 0.25) is 0 Å². The number of ether oxygens (including phenoxy) is 2. The van der Waals surface area contributed by atoms with Gasteiger partial charge in [-0.05, 0) is 51.1 Å². The number of hydrogen-bond donors (Lipinski definition) is 0. The van der Waals surface area contributed by atoms with Gasteiger partial charge >= 0.3 is 11.6 Å². The Morgan fingerprint density at radius 2 is 1.89 bits per heavy atom. The van der Waals surface area contributed by atoms with E-state index >= 15 is 0 Å². The number of carbonyl (C=O) groups is 1. The van der Waals surface area contributed by atoms with Gasteiger partial charge in [-0.25, -0.2) is 9.59 Å². The van der Waals surface area contributed by atoms with Gasteiger partial charge in [0.15, 0.2) is 6.61 Å². The third-order valence-corrected chi connectivity index (χ3v) is 4.49. The van der Waals surface area contributed by atoms with Crippen LogP contribution in [0.3, 0.4) is 0 Å². The Labute approximate surface area is 165 Å². The highest BCUT2D eigenvalue weighted by Crippen LogP contribution is 2.24. The van der Waals surface area contributed by atoms with Gasteiger partial charge in [-0.2, -0.15) is 0 Å². The van der Waals surface area contributed by atoms with Crippen molar-refractivity contribution in [2.75, 3.05) is 32.8 Å². The second-order valence-electron chi connectivity index (χ2n) is 6.02. The van der Waals surface area contributed by atoms with Crippen molar-refractivity contribution in [3.8, 4) is 5.75 Å². The van der Waals surface area contributed by atoms with E-state index in [-0.39, 0.29) is 24.6 Å². The Balaban J connectivity index is 0.00000364. The van der Waals surface area contributed by atoms with Gasteiger partial charge in [0.05, 0.1) is 6.61 Å². The molecule has 27 heavy (non-hydrogen) atoms. The van der Waals surface area contributed by atoms with Crippen LogP contribution < -0.4 is 22.8 Å². The lowest BCUT2D eigenvalue weighted by atomic mass is 10.0. The van der Waals surface area contributed by atoms with Crippen LogP contribution in [-0.4, -0.2) is 43.7 Å². The third-order valence-electron chi connectivity index (χ3n) is 4.49. The fourth-order valence-electron chi connectivity index (χ4n) is 2.91. The maximum Gasteiger partial charge on any atom is 0.344 e. The van der Waals surface area contributed by atoms with Gasteiger partial charge in [0.25, 0.3) is 0 Å². The second kappa shape index (κ2) is 10.9. The van der Waals surface area contributed by atoms with Crippen LogP contribution in [0.1, 0.15) is 31.9 Å². The molecule has 0 unspecified atom stereocenters. The number of halogens is 1. The molecule has 0 fully saturated rings. The van der Waals surface area contributed by atoms with Crippen LogP contribution in [0, 0.1) is 6.92 Å². The summed E-state index contributed by atoms with van der Waals surface area (Å²) in [6.45, 7) is 10.8. The number of likely N-dealkylation sites (N-methyl/N-ethyl adjacent to an activating group) is 1. The Kier molecular flexibility index (Phi) is 9.32. The van der Waals surface area contributed by atoms with Gasteiger partial charge < -0.3 is 31.2 Å². The quantitative estimate of drug-likeness (QED) is 0.436. The minimum Gasteiger partial charge on any atom is -1.00 e. The lowest BCUT2D eigenvalue weighted by Crippen LogP contribution is -3.00. The predicted octanol–water partition coefficient (Wildman–Crippen LogP) is -0.0684. The van der Waals surface area contributed by atoms with Gasteiger partial charge in [-0.3, -0.25) is 0 Å². The number of aryl methyl sites for hydroxylation is 1. The Hall–Kier alpha value is -2.05. The van der Waals surface area contributed by atoms with Gasteiger partial charge in [-0.15, -0.1) is 0 Å². The minimum absolute atomic E-state index is 0. The summed E-state index contributed by atoms with van der Waals surface area (Å²) >= 11 is 0. The SMILES string of the molecule is CCOC(=O)COc1ccc2c(C)c(CCN(CC)CC)c(=O)oc2c1.[Cl-]. The standard InChI is InChI=1S/C20H27NO5.ClH/c1-5-21(6-2)11-10-17-14(4)16-9-8-15(12-18(16)26-20(17)23)25-13-19(22)24-7-3;/h8-9,12H,5-7,10-11,13H2,1-4H3;1H/p-1. The molecular formula is C20H27ClNO5-.